The molecule has 0 aliphatic heterocycles. The summed E-state index contributed by atoms with van der Waals surface area (Å²) in [5.74, 6) is 1.27. The molecule has 0 aliphatic carbocycles. The Morgan fingerprint density at radius 1 is 1.00 bits per heavy atom. The van der Waals surface area contributed by atoms with Gasteiger partial charge in [0.2, 0.25) is 0 Å². The van der Waals surface area contributed by atoms with E-state index in [0.29, 0.717) is 6.04 Å². The van der Waals surface area contributed by atoms with E-state index >= 15 is 0 Å². The third kappa shape index (κ3) is 7.56. The zero-order chi connectivity index (χ0) is 15.1. The van der Waals surface area contributed by atoms with Crippen molar-refractivity contribution in [2.75, 3.05) is 27.2 Å². The van der Waals surface area contributed by atoms with Gasteiger partial charge in [-0.05, 0) is 47.7 Å². The van der Waals surface area contributed by atoms with Crippen LogP contribution in [0, 0.1) is 0 Å². The molecule has 0 atom stereocenters. The Kier molecular flexibility index (Phi) is 8.31. The van der Waals surface area contributed by atoms with E-state index in [-0.39, 0.29) is 5.54 Å². The smallest absolute Gasteiger partial charge is 0.0995 e. The summed E-state index contributed by atoms with van der Waals surface area (Å²) in [6.45, 7) is 15.5. The predicted molar refractivity (Wildman–Crippen MR) is 87.1 cm³/mol. The molecule has 114 valence electrons. The van der Waals surface area contributed by atoms with Crippen LogP contribution in [0.2, 0.25) is 0 Å². The fourth-order valence-corrected chi connectivity index (χ4v) is 2.29. The molecule has 0 aromatic heterocycles. The number of hydrogen-bond donors (Lipinski definition) is 0. The van der Waals surface area contributed by atoms with E-state index in [0.717, 1.165) is 19.5 Å². The summed E-state index contributed by atoms with van der Waals surface area (Å²) in [6, 6.07) is 0.612. The summed E-state index contributed by atoms with van der Waals surface area (Å²) >= 11 is 0. The highest BCUT2D eigenvalue weighted by Gasteiger charge is 2.20. The van der Waals surface area contributed by atoms with Crippen LogP contribution in [0.4, 0.5) is 0 Å². The van der Waals surface area contributed by atoms with Crippen LogP contribution in [0.15, 0.2) is 4.99 Å². The third-order valence-electron chi connectivity index (χ3n) is 3.28. The molecular weight excluding hydrogens is 234 g/mol. The fourth-order valence-electron chi connectivity index (χ4n) is 2.29. The molecule has 0 bridgehead atoms. The minimum absolute atomic E-state index is 0.00768. The summed E-state index contributed by atoms with van der Waals surface area (Å²) in [5.41, 5.74) is 0.00768. The summed E-state index contributed by atoms with van der Waals surface area (Å²) < 4.78 is 0. The molecule has 0 fully saturated rings. The van der Waals surface area contributed by atoms with Crippen LogP contribution in [0.3, 0.4) is 0 Å². The van der Waals surface area contributed by atoms with E-state index in [1.165, 1.54) is 18.7 Å². The zero-order valence-electron chi connectivity index (χ0n) is 14.5. The second-order valence-electron chi connectivity index (χ2n) is 6.52. The average molecular weight is 269 g/mol. The molecule has 0 spiro atoms. The molecule has 0 saturated carbocycles. The van der Waals surface area contributed by atoms with Gasteiger partial charge in [0.25, 0.3) is 0 Å². The first kappa shape index (κ1) is 18.4. The first-order chi connectivity index (χ1) is 8.75. The Labute approximate surface area is 121 Å². The van der Waals surface area contributed by atoms with E-state index in [9.17, 15) is 0 Å². The molecule has 0 rings (SSSR count). The summed E-state index contributed by atoms with van der Waals surface area (Å²) in [6.07, 6.45) is 3.39. The highest BCUT2D eigenvalue weighted by Crippen LogP contribution is 2.15. The Bertz CT molecular complexity index is 260. The number of likely N-dealkylation sites (N-methyl/N-ethyl adjacent to an activating group) is 1. The van der Waals surface area contributed by atoms with Crippen molar-refractivity contribution in [2.24, 2.45) is 4.99 Å². The Balaban J connectivity index is 5.11. The maximum absolute atomic E-state index is 4.95. The number of hydrogen-bond acceptors (Lipinski definition) is 2. The van der Waals surface area contributed by atoms with Gasteiger partial charge in [-0.3, -0.25) is 4.99 Å². The van der Waals surface area contributed by atoms with Crippen molar-refractivity contribution < 1.29 is 0 Å². The van der Waals surface area contributed by atoms with Crippen LogP contribution < -0.4 is 0 Å². The van der Waals surface area contributed by atoms with Gasteiger partial charge in [0.15, 0.2) is 0 Å². The van der Waals surface area contributed by atoms with Crippen molar-refractivity contribution in [3.8, 4) is 0 Å². The fraction of sp³-hybridized carbons (Fsp3) is 0.938. The van der Waals surface area contributed by atoms with Crippen molar-refractivity contribution in [2.45, 2.75) is 72.4 Å². The van der Waals surface area contributed by atoms with Gasteiger partial charge in [0.1, 0.15) is 0 Å². The quantitative estimate of drug-likeness (QED) is 0.519. The van der Waals surface area contributed by atoms with Gasteiger partial charge in [0.05, 0.1) is 11.4 Å². The molecule has 0 unspecified atom stereocenters. The molecule has 0 aromatic carbocycles. The van der Waals surface area contributed by atoms with Crippen molar-refractivity contribution in [1.82, 2.24) is 9.80 Å². The highest BCUT2D eigenvalue weighted by molar-refractivity contribution is 5.82. The van der Waals surface area contributed by atoms with E-state index in [1.807, 2.05) is 0 Å². The molecule has 3 nitrogen and oxygen atoms in total. The van der Waals surface area contributed by atoms with Crippen molar-refractivity contribution in [3.63, 3.8) is 0 Å². The van der Waals surface area contributed by atoms with Gasteiger partial charge in [-0.25, -0.2) is 0 Å². The number of aliphatic imine (C=N–C) groups is 1. The van der Waals surface area contributed by atoms with Crippen LogP contribution in [-0.2, 0) is 0 Å². The van der Waals surface area contributed by atoms with E-state index in [4.69, 9.17) is 4.99 Å². The predicted octanol–water partition coefficient (Wildman–Crippen LogP) is 3.65. The van der Waals surface area contributed by atoms with Gasteiger partial charge >= 0.3 is 0 Å². The second kappa shape index (κ2) is 8.57. The first-order valence-electron chi connectivity index (χ1n) is 7.75. The Morgan fingerprint density at radius 3 is 1.84 bits per heavy atom. The van der Waals surface area contributed by atoms with Crippen LogP contribution in [0.1, 0.15) is 60.8 Å². The molecule has 3 heteroatoms. The highest BCUT2D eigenvalue weighted by atomic mass is 15.2. The molecule has 0 amide bonds. The zero-order valence-corrected chi connectivity index (χ0v) is 14.5. The Morgan fingerprint density at radius 2 is 1.53 bits per heavy atom. The van der Waals surface area contributed by atoms with Crippen molar-refractivity contribution in [1.29, 1.82) is 0 Å². The lowest BCUT2D eigenvalue weighted by Crippen LogP contribution is -2.44. The normalized spacial score (nSPS) is 13.5. The Hall–Kier alpha value is -0.570. The summed E-state index contributed by atoms with van der Waals surface area (Å²) in [5, 5.41) is 0. The number of amidine groups is 1. The molecule has 0 N–H and O–H groups in total. The van der Waals surface area contributed by atoms with Crippen LogP contribution in [0.25, 0.3) is 0 Å². The topological polar surface area (TPSA) is 18.8 Å². The van der Waals surface area contributed by atoms with Gasteiger partial charge in [-0.15, -0.1) is 0 Å². The molecule has 0 radical (unpaired) electrons. The van der Waals surface area contributed by atoms with Crippen LogP contribution >= 0.6 is 0 Å². The minimum atomic E-state index is 0.00768. The number of rotatable bonds is 7. The summed E-state index contributed by atoms with van der Waals surface area (Å²) in [7, 11) is 4.27. The SMILES string of the molecule is CCC(=NC(C)(C)C)N(CCN(C)C)C(CC)CC. The summed E-state index contributed by atoms with van der Waals surface area (Å²) in [4.78, 5) is 9.73. The second-order valence-corrected chi connectivity index (χ2v) is 6.52. The molecule has 0 aromatic rings. The molecule has 0 heterocycles. The molecule has 19 heavy (non-hydrogen) atoms. The molecule has 0 aliphatic rings. The maximum Gasteiger partial charge on any atom is 0.0995 e. The maximum atomic E-state index is 4.95. The monoisotopic (exact) mass is 269 g/mol. The van der Waals surface area contributed by atoms with Gasteiger partial charge in [-0.2, -0.15) is 0 Å². The molecule has 0 saturated heterocycles. The minimum Gasteiger partial charge on any atom is -0.356 e. The van der Waals surface area contributed by atoms with Crippen molar-refractivity contribution >= 4 is 5.84 Å². The third-order valence-corrected chi connectivity index (χ3v) is 3.28. The van der Waals surface area contributed by atoms with Gasteiger partial charge < -0.3 is 9.80 Å². The first-order valence-corrected chi connectivity index (χ1v) is 7.75. The number of nitrogens with zero attached hydrogens (tertiary/aromatic N) is 3. The van der Waals surface area contributed by atoms with Gasteiger partial charge in [0, 0.05) is 25.6 Å². The standard InChI is InChI=1S/C16H35N3/c1-9-14(10-2)19(13-12-18(7)8)15(11-3)17-16(4,5)6/h14H,9-13H2,1-8H3. The lowest BCUT2D eigenvalue weighted by atomic mass is 10.1. The van der Waals surface area contributed by atoms with Gasteiger partial charge in [-0.1, -0.05) is 20.8 Å². The van der Waals surface area contributed by atoms with Crippen LogP contribution in [0.5, 0.6) is 0 Å². The van der Waals surface area contributed by atoms with E-state index < -0.39 is 0 Å². The van der Waals surface area contributed by atoms with Crippen molar-refractivity contribution in [3.05, 3.63) is 0 Å². The van der Waals surface area contributed by atoms with E-state index in [1.54, 1.807) is 0 Å². The lowest BCUT2D eigenvalue weighted by molar-refractivity contribution is 0.254. The molecular formula is C16H35N3. The largest absolute Gasteiger partial charge is 0.356 e. The van der Waals surface area contributed by atoms with Crippen LogP contribution in [-0.4, -0.2) is 54.4 Å². The lowest BCUT2D eigenvalue weighted by Gasteiger charge is -2.35. The van der Waals surface area contributed by atoms with E-state index in [2.05, 4.69) is 65.4 Å². The average Bonchev–Trinajstić information content (AvgIpc) is 2.30.